The van der Waals surface area contributed by atoms with Crippen LogP contribution < -0.4 is 4.74 Å². The van der Waals surface area contributed by atoms with E-state index in [1.165, 1.54) is 6.92 Å². The van der Waals surface area contributed by atoms with E-state index in [2.05, 4.69) is 0 Å². The van der Waals surface area contributed by atoms with Crippen molar-refractivity contribution >= 4 is 5.78 Å². The average molecular weight is 180 g/mol. The number of ether oxygens (including phenoxy) is 1. The minimum atomic E-state index is -0.0225. The van der Waals surface area contributed by atoms with Crippen molar-refractivity contribution in [1.29, 1.82) is 0 Å². The molecular formula is C10H12O3. The number of carbonyl (C=O) groups excluding carboxylic acids is 1. The summed E-state index contributed by atoms with van der Waals surface area (Å²) in [7, 11) is 0. The largest absolute Gasteiger partial charge is 0.508 e. The van der Waals surface area contributed by atoms with Crippen LogP contribution in [0.2, 0.25) is 0 Å². The molecule has 0 aromatic heterocycles. The minimum Gasteiger partial charge on any atom is -0.508 e. The molecule has 0 aliphatic carbocycles. The van der Waals surface area contributed by atoms with Crippen molar-refractivity contribution in [2.45, 2.75) is 13.8 Å². The summed E-state index contributed by atoms with van der Waals surface area (Å²) in [6.07, 6.45) is 0. The first-order valence-electron chi connectivity index (χ1n) is 4.01. The fourth-order valence-corrected chi connectivity index (χ4v) is 0.903. The lowest BCUT2D eigenvalue weighted by Crippen LogP contribution is -2.06. The second-order valence-corrected chi connectivity index (χ2v) is 2.94. The maximum Gasteiger partial charge on any atom is 0.167 e. The van der Waals surface area contributed by atoms with Gasteiger partial charge in [-0.25, -0.2) is 0 Å². The number of phenolic OH excluding ortho intramolecular Hbond substituents is 1. The molecule has 0 fully saturated rings. The third kappa shape index (κ3) is 2.78. The average Bonchev–Trinajstić information content (AvgIpc) is 2.07. The van der Waals surface area contributed by atoms with Crippen LogP contribution in [0.5, 0.6) is 11.5 Å². The third-order valence-electron chi connectivity index (χ3n) is 1.61. The summed E-state index contributed by atoms with van der Waals surface area (Å²) in [6.45, 7) is 3.31. The summed E-state index contributed by atoms with van der Waals surface area (Å²) in [4.78, 5) is 10.6. The van der Waals surface area contributed by atoms with E-state index < -0.39 is 0 Å². The van der Waals surface area contributed by atoms with Crippen LogP contribution in [0.4, 0.5) is 0 Å². The van der Waals surface area contributed by atoms with Gasteiger partial charge in [-0.05, 0) is 37.6 Å². The Labute approximate surface area is 77.0 Å². The smallest absolute Gasteiger partial charge is 0.167 e. The Balaban J connectivity index is 2.68. The van der Waals surface area contributed by atoms with Gasteiger partial charge in [-0.1, -0.05) is 0 Å². The number of carbonyl (C=O) groups is 1. The summed E-state index contributed by atoms with van der Waals surface area (Å²) in [5.41, 5.74) is 0.737. The van der Waals surface area contributed by atoms with Crippen molar-refractivity contribution in [3.8, 4) is 11.5 Å². The molecule has 0 radical (unpaired) electrons. The van der Waals surface area contributed by atoms with Gasteiger partial charge in [-0.15, -0.1) is 0 Å². The SMILES string of the molecule is CC(=O)COc1ccc(O)c(C)c1. The highest BCUT2D eigenvalue weighted by Crippen LogP contribution is 2.21. The molecule has 0 aliphatic rings. The molecule has 1 rings (SSSR count). The fraction of sp³-hybridized carbons (Fsp3) is 0.300. The van der Waals surface area contributed by atoms with Crippen LogP contribution in [-0.2, 0) is 4.79 Å². The Bertz CT molecular complexity index is 318. The lowest BCUT2D eigenvalue weighted by Gasteiger charge is -2.05. The van der Waals surface area contributed by atoms with E-state index in [9.17, 15) is 9.90 Å². The first-order valence-corrected chi connectivity index (χ1v) is 4.01. The lowest BCUT2D eigenvalue weighted by atomic mass is 10.2. The Morgan fingerprint density at radius 3 is 2.77 bits per heavy atom. The van der Waals surface area contributed by atoms with Crippen molar-refractivity contribution < 1.29 is 14.6 Å². The number of ketones is 1. The molecule has 0 unspecified atom stereocenters. The van der Waals surface area contributed by atoms with E-state index >= 15 is 0 Å². The highest BCUT2D eigenvalue weighted by Gasteiger charge is 1.99. The van der Waals surface area contributed by atoms with Gasteiger partial charge in [0.15, 0.2) is 5.78 Å². The molecule has 0 heterocycles. The summed E-state index contributed by atoms with van der Waals surface area (Å²) in [5.74, 6) is 0.811. The molecule has 0 amide bonds. The number of hydrogen-bond acceptors (Lipinski definition) is 3. The fourth-order valence-electron chi connectivity index (χ4n) is 0.903. The van der Waals surface area contributed by atoms with E-state index in [-0.39, 0.29) is 18.1 Å². The molecule has 0 saturated carbocycles. The minimum absolute atomic E-state index is 0.0225. The van der Waals surface area contributed by atoms with Crippen molar-refractivity contribution in [2.75, 3.05) is 6.61 Å². The van der Waals surface area contributed by atoms with E-state index in [0.29, 0.717) is 5.75 Å². The van der Waals surface area contributed by atoms with Gasteiger partial charge < -0.3 is 9.84 Å². The van der Waals surface area contributed by atoms with E-state index in [4.69, 9.17) is 4.74 Å². The maximum atomic E-state index is 10.6. The lowest BCUT2D eigenvalue weighted by molar-refractivity contribution is -0.118. The van der Waals surface area contributed by atoms with Crippen LogP contribution in [0, 0.1) is 6.92 Å². The topological polar surface area (TPSA) is 46.5 Å². The quantitative estimate of drug-likeness (QED) is 0.769. The summed E-state index contributed by atoms with van der Waals surface area (Å²) in [6, 6.07) is 4.87. The van der Waals surface area contributed by atoms with Crippen LogP contribution in [-0.4, -0.2) is 17.5 Å². The molecule has 3 heteroatoms. The Morgan fingerprint density at radius 2 is 2.23 bits per heavy atom. The predicted octanol–water partition coefficient (Wildman–Crippen LogP) is 1.67. The van der Waals surface area contributed by atoms with E-state index in [1.54, 1.807) is 25.1 Å². The zero-order valence-corrected chi connectivity index (χ0v) is 7.70. The second kappa shape index (κ2) is 3.94. The van der Waals surface area contributed by atoms with E-state index in [0.717, 1.165) is 5.56 Å². The van der Waals surface area contributed by atoms with E-state index in [1.807, 2.05) is 0 Å². The first kappa shape index (κ1) is 9.58. The highest BCUT2D eigenvalue weighted by atomic mass is 16.5. The molecule has 0 bridgehead atoms. The monoisotopic (exact) mass is 180 g/mol. The molecule has 0 aliphatic heterocycles. The molecule has 13 heavy (non-hydrogen) atoms. The van der Waals surface area contributed by atoms with Gasteiger partial charge in [0.2, 0.25) is 0 Å². The maximum absolute atomic E-state index is 10.6. The number of benzene rings is 1. The van der Waals surface area contributed by atoms with Crippen LogP contribution in [0.3, 0.4) is 0 Å². The van der Waals surface area contributed by atoms with Crippen LogP contribution in [0.1, 0.15) is 12.5 Å². The van der Waals surface area contributed by atoms with Crippen molar-refractivity contribution in [2.24, 2.45) is 0 Å². The van der Waals surface area contributed by atoms with Crippen LogP contribution in [0.25, 0.3) is 0 Å². The van der Waals surface area contributed by atoms with Gasteiger partial charge >= 0.3 is 0 Å². The molecule has 3 nitrogen and oxygen atoms in total. The summed E-state index contributed by atoms with van der Waals surface area (Å²) < 4.78 is 5.14. The molecule has 1 aromatic rings. The number of aryl methyl sites for hydroxylation is 1. The number of phenols is 1. The van der Waals surface area contributed by atoms with Gasteiger partial charge in [-0.3, -0.25) is 4.79 Å². The van der Waals surface area contributed by atoms with Crippen molar-refractivity contribution in [1.82, 2.24) is 0 Å². The third-order valence-corrected chi connectivity index (χ3v) is 1.61. The molecule has 1 N–H and O–H groups in total. The van der Waals surface area contributed by atoms with Gasteiger partial charge in [0.05, 0.1) is 0 Å². The Kier molecular flexibility index (Phi) is 2.90. The zero-order valence-electron chi connectivity index (χ0n) is 7.70. The summed E-state index contributed by atoms with van der Waals surface area (Å²) in [5, 5.41) is 9.20. The van der Waals surface area contributed by atoms with Gasteiger partial charge in [-0.2, -0.15) is 0 Å². The summed E-state index contributed by atoms with van der Waals surface area (Å²) >= 11 is 0. The molecule has 0 saturated heterocycles. The van der Waals surface area contributed by atoms with Crippen LogP contribution >= 0.6 is 0 Å². The van der Waals surface area contributed by atoms with Crippen LogP contribution in [0.15, 0.2) is 18.2 Å². The van der Waals surface area contributed by atoms with Gasteiger partial charge in [0, 0.05) is 0 Å². The molecule has 1 aromatic carbocycles. The van der Waals surface area contributed by atoms with Crippen molar-refractivity contribution in [3.05, 3.63) is 23.8 Å². The molecule has 0 atom stereocenters. The number of rotatable bonds is 3. The molecular weight excluding hydrogens is 168 g/mol. The standard InChI is InChI=1S/C10H12O3/c1-7-5-9(3-4-10(7)12)13-6-8(2)11/h3-5,12H,6H2,1-2H3. The Hall–Kier alpha value is -1.51. The Morgan fingerprint density at radius 1 is 1.54 bits per heavy atom. The predicted molar refractivity (Wildman–Crippen MR) is 49.0 cm³/mol. The molecule has 0 spiro atoms. The number of Topliss-reactive ketones (excluding diaryl/α,β-unsaturated/α-hetero) is 1. The number of aromatic hydroxyl groups is 1. The highest BCUT2D eigenvalue weighted by molar-refractivity contribution is 5.77. The van der Waals surface area contributed by atoms with Gasteiger partial charge in [0.25, 0.3) is 0 Å². The first-order chi connectivity index (χ1) is 6.09. The van der Waals surface area contributed by atoms with Gasteiger partial charge in [0.1, 0.15) is 18.1 Å². The normalized spacial score (nSPS) is 9.69. The molecule has 70 valence electrons. The second-order valence-electron chi connectivity index (χ2n) is 2.94. The number of hydrogen-bond donors (Lipinski definition) is 1. The zero-order chi connectivity index (χ0) is 9.84. The van der Waals surface area contributed by atoms with Crippen molar-refractivity contribution in [3.63, 3.8) is 0 Å².